The van der Waals surface area contributed by atoms with Crippen molar-refractivity contribution in [3.63, 3.8) is 0 Å². The Morgan fingerprint density at radius 1 is 1.24 bits per heavy atom. The standard InChI is InChI=1S/C23H37N3O2S/c1-22(2)13-18(14-23(3,4)25-22)24-21(29)26(16-19-10-8-12-28-19)15-17-9-6-7-11-20(17)27-5/h6-7,9,11,18-19,25H,8,10,12-16H2,1-5H3,(H,24,29). The third kappa shape index (κ3) is 6.30. The van der Waals surface area contributed by atoms with Gasteiger partial charge < -0.3 is 25.0 Å². The van der Waals surface area contributed by atoms with Gasteiger partial charge in [0.05, 0.1) is 13.2 Å². The number of para-hydroxylation sites is 1. The van der Waals surface area contributed by atoms with Crippen molar-refractivity contribution in [2.45, 2.75) is 83.1 Å². The van der Waals surface area contributed by atoms with Crippen molar-refractivity contribution in [1.82, 2.24) is 15.5 Å². The Kier molecular flexibility index (Phi) is 7.07. The van der Waals surface area contributed by atoms with Crippen molar-refractivity contribution in [2.24, 2.45) is 0 Å². The molecule has 0 spiro atoms. The smallest absolute Gasteiger partial charge is 0.169 e. The highest BCUT2D eigenvalue weighted by Gasteiger charge is 2.38. The van der Waals surface area contributed by atoms with E-state index in [0.29, 0.717) is 12.6 Å². The quantitative estimate of drug-likeness (QED) is 0.683. The van der Waals surface area contributed by atoms with Crippen LogP contribution < -0.4 is 15.4 Å². The van der Waals surface area contributed by atoms with E-state index in [1.807, 2.05) is 12.1 Å². The molecule has 1 aromatic rings. The van der Waals surface area contributed by atoms with Crippen molar-refractivity contribution in [3.05, 3.63) is 29.8 Å². The number of rotatable bonds is 6. The molecule has 0 saturated carbocycles. The Bertz CT molecular complexity index is 685. The molecular formula is C23H37N3O2S. The average molecular weight is 420 g/mol. The molecule has 2 aliphatic rings. The van der Waals surface area contributed by atoms with Crippen LogP contribution in [0.25, 0.3) is 0 Å². The van der Waals surface area contributed by atoms with Crippen molar-refractivity contribution in [1.29, 1.82) is 0 Å². The Morgan fingerprint density at radius 2 is 1.93 bits per heavy atom. The first-order valence-corrected chi connectivity index (χ1v) is 11.2. The summed E-state index contributed by atoms with van der Waals surface area (Å²) < 4.78 is 11.5. The fourth-order valence-electron chi connectivity index (χ4n) is 4.98. The van der Waals surface area contributed by atoms with Crippen LogP contribution in [0.4, 0.5) is 0 Å². The van der Waals surface area contributed by atoms with Gasteiger partial charge in [0.2, 0.25) is 0 Å². The predicted octanol–water partition coefficient (Wildman–Crippen LogP) is 3.86. The summed E-state index contributed by atoms with van der Waals surface area (Å²) in [7, 11) is 1.72. The fourth-order valence-corrected chi connectivity index (χ4v) is 5.29. The van der Waals surface area contributed by atoms with Gasteiger partial charge >= 0.3 is 0 Å². The van der Waals surface area contributed by atoms with Gasteiger partial charge in [0.1, 0.15) is 5.75 Å². The zero-order valence-corrected chi connectivity index (χ0v) is 19.4. The average Bonchev–Trinajstić information content (AvgIpc) is 3.12. The molecule has 3 rings (SSSR count). The molecule has 0 bridgehead atoms. The largest absolute Gasteiger partial charge is 0.496 e. The van der Waals surface area contributed by atoms with Gasteiger partial charge in [0.15, 0.2) is 5.11 Å². The van der Waals surface area contributed by atoms with Crippen LogP contribution in [0.5, 0.6) is 5.75 Å². The van der Waals surface area contributed by atoms with Crippen molar-refractivity contribution in [2.75, 3.05) is 20.3 Å². The molecule has 2 saturated heterocycles. The van der Waals surface area contributed by atoms with Gasteiger partial charge in [-0.25, -0.2) is 0 Å². The lowest BCUT2D eigenvalue weighted by atomic mass is 9.80. The third-order valence-electron chi connectivity index (χ3n) is 5.81. The Labute approximate surface area is 181 Å². The molecule has 29 heavy (non-hydrogen) atoms. The number of piperidine rings is 1. The molecule has 0 aliphatic carbocycles. The van der Waals surface area contributed by atoms with Crippen LogP contribution in [0.15, 0.2) is 24.3 Å². The van der Waals surface area contributed by atoms with E-state index in [-0.39, 0.29) is 17.2 Å². The molecule has 1 atom stereocenters. The molecule has 1 unspecified atom stereocenters. The Hall–Kier alpha value is -1.37. The van der Waals surface area contributed by atoms with Gasteiger partial charge in [-0.15, -0.1) is 0 Å². The summed E-state index contributed by atoms with van der Waals surface area (Å²) >= 11 is 5.92. The number of thiocarbonyl (C=S) groups is 1. The summed E-state index contributed by atoms with van der Waals surface area (Å²) in [5.41, 5.74) is 1.30. The normalized spacial score (nSPS) is 23.6. The van der Waals surface area contributed by atoms with Gasteiger partial charge in [-0.1, -0.05) is 18.2 Å². The molecule has 2 aliphatic heterocycles. The second-order valence-corrected chi connectivity index (χ2v) is 10.2. The fraction of sp³-hybridized carbons (Fsp3) is 0.696. The van der Waals surface area contributed by atoms with E-state index in [1.54, 1.807) is 7.11 Å². The minimum atomic E-state index is 0.0804. The van der Waals surface area contributed by atoms with Crippen LogP contribution >= 0.6 is 12.2 Å². The van der Waals surface area contributed by atoms with E-state index in [1.165, 1.54) is 0 Å². The van der Waals surface area contributed by atoms with Gasteiger partial charge in [-0.3, -0.25) is 0 Å². The zero-order valence-electron chi connectivity index (χ0n) is 18.6. The second-order valence-electron chi connectivity index (χ2n) is 9.77. The summed E-state index contributed by atoms with van der Waals surface area (Å²) in [6, 6.07) is 8.52. The highest BCUT2D eigenvalue weighted by Crippen LogP contribution is 2.29. The maximum atomic E-state index is 5.92. The predicted molar refractivity (Wildman–Crippen MR) is 122 cm³/mol. The highest BCUT2D eigenvalue weighted by molar-refractivity contribution is 7.80. The van der Waals surface area contributed by atoms with Crippen LogP contribution in [0.2, 0.25) is 0 Å². The van der Waals surface area contributed by atoms with E-state index in [2.05, 4.69) is 55.4 Å². The van der Waals surface area contributed by atoms with Crippen molar-refractivity contribution in [3.8, 4) is 5.75 Å². The van der Waals surface area contributed by atoms with E-state index in [4.69, 9.17) is 21.7 Å². The number of nitrogens with zero attached hydrogens (tertiary/aromatic N) is 1. The van der Waals surface area contributed by atoms with Gasteiger partial charge in [-0.2, -0.15) is 0 Å². The number of ether oxygens (including phenoxy) is 2. The molecule has 162 valence electrons. The highest BCUT2D eigenvalue weighted by atomic mass is 32.1. The summed E-state index contributed by atoms with van der Waals surface area (Å²) in [5.74, 6) is 0.900. The summed E-state index contributed by atoms with van der Waals surface area (Å²) in [6.07, 6.45) is 4.55. The molecule has 0 radical (unpaired) electrons. The molecular weight excluding hydrogens is 382 g/mol. The van der Waals surface area contributed by atoms with Crippen molar-refractivity contribution >= 4 is 17.3 Å². The van der Waals surface area contributed by atoms with Gasteiger partial charge in [0.25, 0.3) is 0 Å². The number of hydrogen-bond acceptors (Lipinski definition) is 4. The van der Waals surface area contributed by atoms with E-state index < -0.39 is 0 Å². The lowest BCUT2D eigenvalue weighted by Gasteiger charge is -2.47. The van der Waals surface area contributed by atoms with Crippen molar-refractivity contribution < 1.29 is 9.47 Å². The van der Waals surface area contributed by atoms with Gasteiger partial charge in [0, 0.05) is 42.4 Å². The van der Waals surface area contributed by atoms with Crippen LogP contribution in [-0.4, -0.2) is 53.5 Å². The van der Waals surface area contributed by atoms with E-state index in [0.717, 1.165) is 55.3 Å². The Morgan fingerprint density at radius 3 is 2.55 bits per heavy atom. The molecule has 5 nitrogen and oxygen atoms in total. The monoisotopic (exact) mass is 419 g/mol. The second kappa shape index (κ2) is 9.19. The maximum absolute atomic E-state index is 5.92. The molecule has 0 amide bonds. The van der Waals surface area contributed by atoms with Gasteiger partial charge in [-0.05, 0) is 71.7 Å². The summed E-state index contributed by atoms with van der Waals surface area (Å²) in [6.45, 7) is 11.4. The SMILES string of the molecule is COc1ccccc1CN(CC1CCCO1)C(=S)NC1CC(C)(C)NC(C)(C)C1. The lowest BCUT2D eigenvalue weighted by Crippen LogP contribution is -2.63. The summed E-state index contributed by atoms with van der Waals surface area (Å²) in [4.78, 5) is 2.26. The van der Waals surface area contributed by atoms with Crippen LogP contribution in [0.3, 0.4) is 0 Å². The molecule has 1 aromatic carbocycles. The van der Waals surface area contributed by atoms with E-state index in [9.17, 15) is 0 Å². The molecule has 2 fully saturated rings. The number of methoxy groups -OCH3 is 1. The number of nitrogens with one attached hydrogen (secondary N) is 2. The first-order valence-electron chi connectivity index (χ1n) is 10.8. The molecule has 0 aromatic heterocycles. The number of benzene rings is 1. The number of hydrogen-bond donors (Lipinski definition) is 2. The molecule has 2 N–H and O–H groups in total. The lowest BCUT2D eigenvalue weighted by molar-refractivity contribution is 0.0885. The topological polar surface area (TPSA) is 45.8 Å². The van der Waals surface area contributed by atoms with Crippen LogP contribution in [-0.2, 0) is 11.3 Å². The zero-order chi connectivity index (χ0) is 21.1. The molecule has 2 heterocycles. The maximum Gasteiger partial charge on any atom is 0.169 e. The summed E-state index contributed by atoms with van der Waals surface area (Å²) in [5, 5.41) is 8.24. The minimum absolute atomic E-state index is 0.0804. The van der Waals surface area contributed by atoms with Crippen LogP contribution in [0, 0.1) is 0 Å². The Balaban J connectivity index is 1.73. The molecule has 6 heteroatoms. The first kappa shape index (κ1) is 22.3. The third-order valence-corrected chi connectivity index (χ3v) is 6.18. The van der Waals surface area contributed by atoms with E-state index >= 15 is 0 Å². The minimum Gasteiger partial charge on any atom is -0.496 e. The van der Waals surface area contributed by atoms with Crippen LogP contribution in [0.1, 0.15) is 58.9 Å². The first-order chi connectivity index (χ1) is 13.7.